The van der Waals surface area contributed by atoms with Crippen LogP contribution in [-0.4, -0.2) is 65.1 Å². The van der Waals surface area contributed by atoms with E-state index in [1.807, 2.05) is 32.0 Å². The number of aromatic nitrogens is 2. The van der Waals surface area contributed by atoms with Crippen molar-refractivity contribution in [1.82, 2.24) is 14.9 Å². The number of nitrogen functional groups attached to an aromatic ring is 1. The summed E-state index contributed by atoms with van der Waals surface area (Å²) >= 11 is 0. The molecule has 1 saturated heterocycles. The van der Waals surface area contributed by atoms with Crippen molar-refractivity contribution in [3.8, 4) is 17.0 Å². The molecule has 1 atom stereocenters. The van der Waals surface area contributed by atoms with Gasteiger partial charge in [0.1, 0.15) is 17.9 Å². The Morgan fingerprint density at radius 1 is 1.20 bits per heavy atom. The molecule has 3 aliphatic rings. The number of anilines is 1. The second-order valence-electron chi connectivity index (χ2n) is 10.1. The molecule has 1 aromatic carbocycles. The largest absolute Gasteiger partial charge is 0.490 e. The molecule has 0 spiro atoms. The Morgan fingerprint density at radius 2 is 1.97 bits per heavy atom. The average molecular weight is 481 g/mol. The number of carbonyl (C=O) groups excluding carboxylic acids is 1. The highest BCUT2D eigenvalue weighted by Gasteiger charge is 2.41. The number of fused-ring (bicyclic) bond motifs is 3. The van der Waals surface area contributed by atoms with Crippen LogP contribution in [0.1, 0.15) is 50.7 Å². The lowest BCUT2D eigenvalue weighted by molar-refractivity contribution is 0.0486. The van der Waals surface area contributed by atoms with E-state index in [0.29, 0.717) is 18.1 Å². The maximum Gasteiger partial charge on any atom is 0.410 e. The van der Waals surface area contributed by atoms with Crippen molar-refractivity contribution in [2.45, 2.75) is 63.2 Å². The van der Waals surface area contributed by atoms with Crippen LogP contribution < -0.4 is 16.2 Å². The Morgan fingerprint density at radius 3 is 2.69 bits per heavy atom. The molecule has 186 valence electrons. The monoisotopic (exact) mass is 480 g/mol. The van der Waals surface area contributed by atoms with E-state index in [1.165, 1.54) is 11.2 Å². The van der Waals surface area contributed by atoms with Crippen molar-refractivity contribution in [1.29, 1.82) is 0 Å². The highest BCUT2D eigenvalue weighted by Crippen LogP contribution is 2.45. The van der Waals surface area contributed by atoms with Crippen molar-refractivity contribution in [3.05, 3.63) is 35.7 Å². The number of cyclic esters (lactones) is 1. The Bertz CT molecular complexity index is 1160. The van der Waals surface area contributed by atoms with Crippen LogP contribution in [0.15, 0.2) is 29.7 Å². The fraction of sp³-hybridized carbons (Fsp3) is 0.520. The van der Waals surface area contributed by atoms with Gasteiger partial charge in [-0.3, -0.25) is 0 Å². The molecule has 2 heterocycles. The standard InChI is InChI=1S/C25H32N6O4/c1-25(2)20-21(28-13-29-23(20)27)18-9-8-16(34-15-6-4-14(26)5-7-15)10-19(18)22(25)30-33-12-17-11-31(3)24(32)35-17/h8-10,13-15,17H,4-7,11-12,26H2,1-3H3,(H2,27,28,29)/b30-22+/t14-,15-,17-/m0/s1. The minimum atomic E-state index is -0.632. The molecule has 1 saturated carbocycles. The van der Waals surface area contributed by atoms with Gasteiger partial charge in [0.2, 0.25) is 0 Å². The summed E-state index contributed by atoms with van der Waals surface area (Å²) in [5.74, 6) is 1.17. The number of amides is 1. The second kappa shape index (κ2) is 8.99. The number of carbonyl (C=O) groups is 1. The normalized spacial score (nSPS) is 26.2. The van der Waals surface area contributed by atoms with E-state index in [0.717, 1.165) is 53.8 Å². The van der Waals surface area contributed by atoms with Crippen LogP contribution >= 0.6 is 0 Å². The molecular formula is C25H32N6O4. The zero-order chi connectivity index (χ0) is 24.7. The second-order valence-corrected chi connectivity index (χ2v) is 10.1. The summed E-state index contributed by atoms with van der Waals surface area (Å²) in [7, 11) is 1.69. The van der Waals surface area contributed by atoms with Gasteiger partial charge >= 0.3 is 6.09 Å². The number of oxime groups is 1. The molecule has 2 aliphatic carbocycles. The van der Waals surface area contributed by atoms with E-state index in [9.17, 15) is 4.79 Å². The number of nitrogens with zero attached hydrogens (tertiary/aromatic N) is 4. The smallest absolute Gasteiger partial charge is 0.410 e. The number of hydrogen-bond acceptors (Lipinski definition) is 9. The summed E-state index contributed by atoms with van der Waals surface area (Å²) in [5, 5.41) is 4.55. The van der Waals surface area contributed by atoms with E-state index in [4.69, 9.17) is 25.8 Å². The molecule has 0 bridgehead atoms. The van der Waals surface area contributed by atoms with Gasteiger partial charge in [-0.1, -0.05) is 5.16 Å². The zero-order valence-electron chi connectivity index (χ0n) is 20.4. The van der Waals surface area contributed by atoms with Crippen molar-refractivity contribution in [2.24, 2.45) is 10.9 Å². The Balaban J connectivity index is 1.48. The SMILES string of the molecule is CN1C[C@@H](CO/N=C2\c3cc(O[C@H]4CC[C@H](N)CC4)ccc3-c3ncnc(N)c3C2(C)C)OC1=O. The summed E-state index contributed by atoms with van der Waals surface area (Å²) in [5.41, 5.74) is 15.8. The van der Waals surface area contributed by atoms with Gasteiger partial charge in [-0.25, -0.2) is 14.8 Å². The maximum atomic E-state index is 11.7. The summed E-state index contributed by atoms with van der Waals surface area (Å²) < 4.78 is 11.6. The lowest BCUT2D eigenvalue weighted by Crippen LogP contribution is -2.36. The minimum Gasteiger partial charge on any atom is -0.490 e. The summed E-state index contributed by atoms with van der Waals surface area (Å²) in [6.07, 6.45) is 4.69. The first kappa shape index (κ1) is 23.3. The molecule has 10 nitrogen and oxygen atoms in total. The lowest BCUT2D eigenvalue weighted by atomic mass is 9.70. The van der Waals surface area contributed by atoms with Gasteiger partial charge in [0.15, 0.2) is 12.7 Å². The van der Waals surface area contributed by atoms with Crippen LogP contribution in [-0.2, 0) is 15.0 Å². The van der Waals surface area contributed by atoms with E-state index in [-0.39, 0.29) is 30.9 Å². The maximum absolute atomic E-state index is 11.7. The van der Waals surface area contributed by atoms with E-state index in [2.05, 4.69) is 15.1 Å². The van der Waals surface area contributed by atoms with Crippen molar-refractivity contribution < 1.29 is 19.1 Å². The van der Waals surface area contributed by atoms with E-state index < -0.39 is 5.41 Å². The molecule has 0 unspecified atom stereocenters. The van der Waals surface area contributed by atoms with E-state index >= 15 is 0 Å². The van der Waals surface area contributed by atoms with Crippen LogP contribution in [0.4, 0.5) is 10.6 Å². The highest BCUT2D eigenvalue weighted by atomic mass is 16.7. The molecule has 2 fully saturated rings. The fourth-order valence-electron chi connectivity index (χ4n) is 5.16. The van der Waals surface area contributed by atoms with Crippen LogP contribution in [0, 0.1) is 0 Å². The molecule has 2 aromatic rings. The summed E-state index contributed by atoms with van der Waals surface area (Å²) in [4.78, 5) is 27.7. The summed E-state index contributed by atoms with van der Waals surface area (Å²) in [6, 6.07) is 6.21. The third-order valence-electron chi connectivity index (χ3n) is 7.09. The molecule has 0 radical (unpaired) electrons. The number of hydrogen-bond donors (Lipinski definition) is 2. The molecule has 1 amide bonds. The third-order valence-corrected chi connectivity index (χ3v) is 7.09. The number of ether oxygens (including phenoxy) is 2. The van der Waals surface area contributed by atoms with Crippen LogP contribution in [0.25, 0.3) is 11.3 Å². The van der Waals surface area contributed by atoms with Crippen LogP contribution in [0.5, 0.6) is 5.75 Å². The van der Waals surface area contributed by atoms with Crippen LogP contribution in [0.2, 0.25) is 0 Å². The molecule has 4 N–H and O–H groups in total. The number of likely N-dealkylation sites (N-methyl/N-ethyl adjacent to an activating group) is 1. The first-order chi connectivity index (χ1) is 16.7. The van der Waals surface area contributed by atoms with Crippen molar-refractivity contribution >= 4 is 17.6 Å². The zero-order valence-corrected chi connectivity index (χ0v) is 20.4. The fourth-order valence-corrected chi connectivity index (χ4v) is 5.16. The van der Waals surface area contributed by atoms with Gasteiger partial charge in [-0.2, -0.15) is 0 Å². The van der Waals surface area contributed by atoms with Crippen molar-refractivity contribution in [3.63, 3.8) is 0 Å². The topological polar surface area (TPSA) is 138 Å². The summed E-state index contributed by atoms with van der Waals surface area (Å²) in [6.45, 7) is 4.65. The lowest BCUT2D eigenvalue weighted by Gasteiger charge is -2.35. The predicted octanol–water partition coefficient (Wildman–Crippen LogP) is 2.84. The third kappa shape index (κ3) is 4.38. The first-order valence-corrected chi connectivity index (χ1v) is 12.0. The molecule has 1 aromatic heterocycles. The molecule has 35 heavy (non-hydrogen) atoms. The number of benzene rings is 1. The van der Waals surface area contributed by atoms with Gasteiger partial charge in [-0.15, -0.1) is 0 Å². The van der Waals surface area contributed by atoms with E-state index in [1.54, 1.807) is 7.05 Å². The molecule has 10 heteroatoms. The highest BCUT2D eigenvalue weighted by molar-refractivity contribution is 6.15. The Kier molecular flexibility index (Phi) is 6.00. The van der Waals surface area contributed by atoms with Crippen LogP contribution in [0.3, 0.4) is 0 Å². The van der Waals surface area contributed by atoms with Gasteiger partial charge in [0.25, 0.3) is 0 Å². The Labute approximate surface area is 204 Å². The predicted molar refractivity (Wildman–Crippen MR) is 131 cm³/mol. The van der Waals surface area contributed by atoms with Gasteiger partial charge in [0, 0.05) is 35.2 Å². The van der Waals surface area contributed by atoms with Crippen molar-refractivity contribution in [2.75, 3.05) is 25.9 Å². The molecule has 5 rings (SSSR count). The average Bonchev–Trinajstić information content (AvgIpc) is 3.14. The van der Waals surface area contributed by atoms with Gasteiger partial charge in [0.05, 0.1) is 24.1 Å². The quantitative estimate of drug-likeness (QED) is 0.623. The Hall–Kier alpha value is -3.40. The number of rotatable bonds is 5. The van der Waals surface area contributed by atoms with Gasteiger partial charge in [-0.05, 0) is 57.7 Å². The molecule has 1 aliphatic heterocycles. The molecular weight excluding hydrogens is 448 g/mol. The minimum absolute atomic E-state index is 0.139. The van der Waals surface area contributed by atoms with Gasteiger partial charge < -0.3 is 30.7 Å². The first-order valence-electron chi connectivity index (χ1n) is 12.0. The number of nitrogens with two attached hydrogens (primary N) is 2.